The molecule has 0 spiro atoms. The van der Waals surface area contributed by atoms with Gasteiger partial charge in [0.1, 0.15) is 0 Å². The van der Waals surface area contributed by atoms with E-state index in [1.54, 1.807) is 13.8 Å². The molecule has 52 valence electrons. The summed E-state index contributed by atoms with van der Waals surface area (Å²) < 4.78 is 15.3. The topological polar surface area (TPSA) is 26.3 Å². The normalized spacial score (nSPS) is 11.2. The van der Waals surface area contributed by atoms with Crippen LogP contribution in [0.2, 0.25) is 0 Å². The van der Waals surface area contributed by atoms with Gasteiger partial charge in [-0.3, -0.25) is 4.57 Å². The van der Waals surface area contributed by atoms with E-state index in [1.165, 1.54) is 0 Å². The third-order valence-electron chi connectivity index (χ3n) is 0.348. The van der Waals surface area contributed by atoms with Gasteiger partial charge < -0.3 is 4.52 Å². The van der Waals surface area contributed by atoms with E-state index in [2.05, 4.69) is 24.5 Å². The zero-order valence-corrected chi connectivity index (χ0v) is 7.42. The van der Waals surface area contributed by atoms with Gasteiger partial charge in [0.05, 0.1) is 6.10 Å². The second kappa shape index (κ2) is 5.53. The van der Waals surface area contributed by atoms with Crippen LogP contribution in [-0.4, -0.2) is 35.7 Å². The Hall–Kier alpha value is 1.89. The van der Waals surface area contributed by atoms with E-state index < -0.39 is 5.77 Å². The predicted molar refractivity (Wildman–Crippen MR) is 48.9 cm³/mol. The van der Waals surface area contributed by atoms with Crippen molar-refractivity contribution in [2.24, 2.45) is 0 Å². The molecular formula is C3H10NaO2PS2. The van der Waals surface area contributed by atoms with Crippen LogP contribution in [0.1, 0.15) is 13.8 Å². The van der Waals surface area contributed by atoms with Crippen LogP contribution in [0.4, 0.5) is 0 Å². The average Bonchev–Trinajstić information content (AvgIpc) is 1.21. The molecule has 0 atom stereocenters. The van der Waals surface area contributed by atoms with Gasteiger partial charge in [0.2, 0.25) is 0 Å². The van der Waals surface area contributed by atoms with Gasteiger partial charge in [-0.1, -0.05) is 24.5 Å². The van der Waals surface area contributed by atoms with Gasteiger partial charge in [-0.15, -0.1) is 0 Å². The molecule has 0 heterocycles. The van der Waals surface area contributed by atoms with Gasteiger partial charge in [0, 0.05) is 0 Å². The van der Waals surface area contributed by atoms with Crippen LogP contribution in [0.5, 0.6) is 0 Å². The molecule has 0 aliphatic rings. The van der Waals surface area contributed by atoms with Crippen molar-refractivity contribution in [2.45, 2.75) is 20.0 Å². The van der Waals surface area contributed by atoms with E-state index in [9.17, 15) is 4.57 Å². The van der Waals surface area contributed by atoms with Crippen molar-refractivity contribution >= 4 is 59.8 Å². The van der Waals surface area contributed by atoms with Crippen LogP contribution in [0.15, 0.2) is 0 Å². The molecule has 0 bridgehead atoms. The Labute approximate surface area is 88.2 Å². The summed E-state index contributed by atoms with van der Waals surface area (Å²) in [6.07, 6.45) is -0.0733. The molecule has 0 amide bonds. The second-order valence-corrected chi connectivity index (χ2v) is 6.94. The standard InChI is InChI=1S/C3H9O2PS2.Na.H/c1-3(2)5-6(4,7)8;;/h3H,1-2H3,(H2,4,7,8);;. The van der Waals surface area contributed by atoms with Crippen molar-refractivity contribution in [1.29, 1.82) is 0 Å². The van der Waals surface area contributed by atoms with Gasteiger partial charge in [0.15, 0.2) is 0 Å². The van der Waals surface area contributed by atoms with Crippen molar-refractivity contribution in [3.05, 3.63) is 0 Å². The SMILES string of the molecule is CC(C)OP(=O)(S)S.[NaH]. The zero-order chi connectivity index (χ0) is 6.78. The third-order valence-corrected chi connectivity index (χ3v) is 1.61. The molecule has 0 radical (unpaired) electrons. The summed E-state index contributed by atoms with van der Waals surface area (Å²) in [4.78, 5) is 0. The molecule has 0 aliphatic carbocycles. The number of thiol groups is 2. The van der Waals surface area contributed by atoms with E-state index in [0.29, 0.717) is 0 Å². The van der Waals surface area contributed by atoms with Crippen molar-refractivity contribution in [3.63, 3.8) is 0 Å². The van der Waals surface area contributed by atoms with Gasteiger partial charge in [-0.2, -0.15) is 0 Å². The fraction of sp³-hybridized carbons (Fsp3) is 1.00. The van der Waals surface area contributed by atoms with Gasteiger partial charge in [-0.25, -0.2) is 0 Å². The number of hydrogen-bond donors (Lipinski definition) is 2. The summed E-state index contributed by atoms with van der Waals surface area (Å²) >= 11 is 7.18. The molecule has 0 aromatic rings. The summed E-state index contributed by atoms with van der Waals surface area (Å²) in [6.45, 7) is 3.55. The summed E-state index contributed by atoms with van der Waals surface area (Å²) in [6, 6.07) is 0. The monoisotopic (exact) mass is 196 g/mol. The fourth-order valence-corrected chi connectivity index (χ4v) is 1.96. The van der Waals surface area contributed by atoms with E-state index in [1.807, 2.05) is 0 Å². The molecule has 0 N–H and O–H groups in total. The van der Waals surface area contributed by atoms with Crippen molar-refractivity contribution < 1.29 is 9.09 Å². The van der Waals surface area contributed by atoms with Crippen LogP contribution in [-0.2, 0) is 9.09 Å². The Bertz CT molecular complexity index is 112. The van der Waals surface area contributed by atoms with E-state index >= 15 is 0 Å². The fourth-order valence-electron chi connectivity index (χ4n) is 0.275. The Balaban J connectivity index is 0. The maximum absolute atomic E-state index is 10.5. The summed E-state index contributed by atoms with van der Waals surface area (Å²) in [5.74, 6) is -2.83. The van der Waals surface area contributed by atoms with Crippen LogP contribution >= 0.6 is 30.3 Å². The third kappa shape index (κ3) is 13.0. The van der Waals surface area contributed by atoms with Crippen LogP contribution in [0.3, 0.4) is 0 Å². The minimum atomic E-state index is -2.83. The van der Waals surface area contributed by atoms with E-state index in [4.69, 9.17) is 4.52 Å². The van der Waals surface area contributed by atoms with Gasteiger partial charge in [-0.05, 0) is 13.8 Å². The Morgan fingerprint density at radius 3 is 1.78 bits per heavy atom. The number of rotatable bonds is 2. The first-order valence-corrected chi connectivity index (χ1v) is 6.09. The maximum atomic E-state index is 10.5. The first-order valence-electron chi connectivity index (χ1n) is 2.16. The summed E-state index contributed by atoms with van der Waals surface area (Å²) in [5, 5.41) is 0. The summed E-state index contributed by atoms with van der Waals surface area (Å²) in [5.41, 5.74) is 0. The Morgan fingerprint density at radius 2 is 1.78 bits per heavy atom. The average molecular weight is 196 g/mol. The van der Waals surface area contributed by atoms with Gasteiger partial charge >= 0.3 is 35.3 Å². The molecule has 2 nitrogen and oxygen atoms in total. The van der Waals surface area contributed by atoms with Crippen LogP contribution in [0.25, 0.3) is 0 Å². The van der Waals surface area contributed by atoms with Crippen LogP contribution < -0.4 is 0 Å². The molecule has 6 heteroatoms. The Kier molecular flexibility index (Phi) is 8.28. The van der Waals surface area contributed by atoms with Crippen molar-refractivity contribution in [3.8, 4) is 0 Å². The molecule has 0 fully saturated rings. The molecule has 0 aromatic carbocycles. The van der Waals surface area contributed by atoms with E-state index in [0.717, 1.165) is 0 Å². The second-order valence-electron chi connectivity index (χ2n) is 1.64. The molecule has 0 aromatic heterocycles. The Morgan fingerprint density at radius 1 is 1.44 bits per heavy atom. The summed E-state index contributed by atoms with van der Waals surface area (Å²) in [7, 11) is 0. The molecule has 0 rings (SSSR count). The quantitative estimate of drug-likeness (QED) is 0.399. The van der Waals surface area contributed by atoms with Gasteiger partial charge in [0.25, 0.3) is 0 Å². The van der Waals surface area contributed by atoms with Crippen molar-refractivity contribution in [2.75, 3.05) is 0 Å². The molecule has 0 saturated heterocycles. The molecule has 0 saturated carbocycles. The predicted octanol–water partition coefficient (Wildman–Crippen LogP) is 1.73. The first-order chi connectivity index (χ1) is 3.42. The number of hydrogen-bond acceptors (Lipinski definition) is 2. The minimum absolute atomic E-state index is 0. The van der Waals surface area contributed by atoms with Crippen molar-refractivity contribution in [1.82, 2.24) is 0 Å². The van der Waals surface area contributed by atoms with E-state index in [-0.39, 0.29) is 35.7 Å². The molecular weight excluding hydrogens is 186 g/mol. The zero-order valence-electron chi connectivity index (χ0n) is 4.74. The molecule has 0 unspecified atom stereocenters. The van der Waals surface area contributed by atoms with Crippen LogP contribution in [0, 0.1) is 0 Å². The molecule has 0 aliphatic heterocycles. The first kappa shape index (κ1) is 13.5. The molecule has 9 heavy (non-hydrogen) atoms.